The van der Waals surface area contributed by atoms with Crippen LogP contribution in [-0.2, 0) is 23.0 Å². The molecule has 158 valence electrons. The van der Waals surface area contributed by atoms with Crippen molar-refractivity contribution in [1.82, 2.24) is 4.98 Å². The van der Waals surface area contributed by atoms with E-state index >= 15 is 0 Å². The van der Waals surface area contributed by atoms with Crippen LogP contribution >= 0.6 is 0 Å². The van der Waals surface area contributed by atoms with Crippen LogP contribution in [0.15, 0.2) is 24.4 Å². The lowest BCUT2D eigenvalue weighted by molar-refractivity contribution is 0.340. The summed E-state index contributed by atoms with van der Waals surface area (Å²) in [7, 11) is -1.14. The molecule has 30 heavy (non-hydrogen) atoms. The van der Waals surface area contributed by atoms with Gasteiger partial charge in [-0.05, 0) is 71.7 Å². The molecule has 1 heterocycles. The molecule has 1 aromatic heterocycles. The van der Waals surface area contributed by atoms with Gasteiger partial charge in [-0.15, -0.1) is 0 Å². The van der Waals surface area contributed by atoms with E-state index in [1.807, 2.05) is 12.1 Å². The van der Waals surface area contributed by atoms with Gasteiger partial charge in [-0.3, -0.25) is 9.54 Å². The molecule has 0 saturated heterocycles. The van der Waals surface area contributed by atoms with E-state index in [2.05, 4.69) is 4.98 Å². The molecule has 0 spiro atoms. The summed E-state index contributed by atoms with van der Waals surface area (Å²) in [4.78, 5) is 4.51. The molecule has 2 aromatic carbocycles. The minimum absolute atomic E-state index is 0.0579. The molecular weight excluding hydrogens is 406 g/mol. The molecule has 7 nitrogen and oxygen atoms in total. The van der Waals surface area contributed by atoms with Gasteiger partial charge >= 0.3 is 0 Å². The molecular formula is C22H23NO6S. The van der Waals surface area contributed by atoms with Crippen molar-refractivity contribution in [3.63, 3.8) is 0 Å². The first-order valence-electron chi connectivity index (χ1n) is 9.94. The van der Waals surface area contributed by atoms with Crippen LogP contribution in [0.1, 0.15) is 30.4 Å². The number of nitrogens with zero attached hydrogens (tertiary/aromatic N) is 1. The van der Waals surface area contributed by atoms with Gasteiger partial charge in [-0.25, -0.2) is 0 Å². The number of rotatable bonds is 3. The van der Waals surface area contributed by atoms with Crippen LogP contribution in [0.3, 0.4) is 0 Å². The molecule has 0 amide bonds. The lowest BCUT2D eigenvalue weighted by Gasteiger charge is -2.38. The topological polar surface area (TPSA) is 106 Å². The number of methoxy groups -OCH3 is 2. The average molecular weight is 429 g/mol. The molecule has 0 bridgehead atoms. The Balaban J connectivity index is 1.91. The van der Waals surface area contributed by atoms with Crippen molar-refractivity contribution in [3.05, 3.63) is 35.5 Å². The highest BCUT2D eigenvalue weighted by molar-refractivity contribution is 7.87. The van der Waals surface area contributed by atoms with Crippen molar-refractivity contribution in [3.8, 4) is 17.2 Å². The molecule has 3 aromatic rings. The summed E-state index contributed by atoms with van der Waals surface area (Å²) in [6, 6.07) is 5.36. The Morgan fingerprint density at radius 1 is 1.07 bits per heavy atom. The lowest BCUT2D eigenvalue weighted by Crippen LogP contribution is -2.47. The van der Waals surface area contributed by atoms with Crippen LogP contribution in [0.25, 0.3) is 21.7 Å². The second-order valence-electron chi connectivity index (χ2n) is 8.31. The van der Waals surface area contributed by atoms with Crippen molar-refractivity contribution in [1.29, 1.82) is 0 Å². The van der Waals surface area contributed by atoms with E-state index in [4.69, 9.17) is 9.47 Å². The molecule has 2 N–H and O–H groups in total. The number of pyridine rings is 1. The molecule has 2 aliphatic carbocycles. The van der Waals surface area contributed by atoms with Crippen molar-refractivity contribution in [2.45, 2.75) is 36.9 Å². The molecule has 2 atom stereocenters. The van der Waals surface area contributed by atoms with Gasteiger partial charge in [0.15, 0.2) is 11.5 Å². The molecule has 8 heteroatoms. The molecule has 2 aliphatic rings. The van der Waals surface area contributed by atoms with E-state index in [-0.39, 0.29) is 18.1 Å². The summed E-state index contributed by atoms with van der Waals surface area (Å²) in [6.07, 6.45) is 4.13. The van der Waals surface area contributed by atoms with Gasteiger partial charge in [0, 0.05) is 5.39 Å². The SMILES string of the molecule is COc1cc2c3c(c4ncc(O)cc4c2cc1OC)CC1CCCC1(S(=O)(=O)O)C3. The summed E-state index contributed by atoms with van der Waals surface area (Å²) >= 11 is 0. The van der Waals surface area contributed by atoms with Crippen molar-refractivity contribution in [2.75, 3.05) is 14.2 Å². The highest BCUT2D eigenvalue weighted by Crippen LogP contribution is 2.52. The standard InChI is InChI=1S/C22H23NO6S/c1-28-19-8-14-15(9-20(19)29-2)18-10-22(30(25,26)27)5-3-4-12(22)6-16(18)21-17(14)7-13(24)11-23-21/h7-9,11-12,24H,3-6,10H2,1-2H3,(H,25,26,27). The maximum atomic E-state index is 12.5. The maximum absolute atomic E-state index is 12.5. The number of fused-ring (bicyclic) bond motifs is 7. The second-order valence-corrected chi connectivity index (χ2v) is 10.1. The fourth-order valence-corrected chi connectivity index (χ4v) is 6.94. The third kappa shape index (κ3) is 2.53. The van der Waals surface area contributed by atoms with Crippen LogP contribution in [0.4, 0.5) is 0 Å². The van der Waals surface area contributed by atoms with Gasteiger partial charge in [0.2, 0.25) is 0 Å². The third-order valence-electron chi connectivity index (χ3n) is 7.00. The predicted molar refractivity (Wildman–Crippen MR) is 113 cm³/mol. The van der Waals surface area contributed by atoms with Gasteiger partial charge in [0.05, 0.1) is 25.9 Å². The number of aromatic hydroxyl groups is 1. The van der Waals surface area contributed by atoms with Gasteiger partial charge in [0.1, 0.15) is 10.5 Å². The Morgan fingerprint density at radius 2 is 1.77 bits per heavy atom. The Kier molecular flexibility index (Phi) is 4.17. The van der Waals surface area contributed by atoms with E-state index in [0.717, 1.165) is 45.6 Å². The summed E-state index contributed by atoms with van der Waals surface area (Å²) in [5.41, 5.74) is 2.60. The number of hydrogen-bond acceptors (Lipinski definition) is 6. The summed E-state index contributed by atoms with van der Waals surface area (Å²) in [5, 5.41) is 12.5. The summed E-state index contributed by atoms with van der Waals surface area (Å²) in [5.74, 6) is 0.974. The predicted octanol–water partition coefficient (Wildman–Crippen LogP) is 3.64. The van der Waals surface area contributed by atoms with E-state index < -0.39 is 14.9 Å². The van der Waals surface area contributed by atoms with Gasteiger partial charge in [-0.1, -0.05) is 6.42 Å². The first-order valence-corrected chi connectivity index (χ1v) is 11.4. The van der Waals surface area contributed by atoms with Crippen LogP contribution in [0.2, 0.25) is 0 Å². The summed E-state index contributed by atoms with van der Waals surface area (Å²) in [6.45, 7) is 0. The number of ether oxygens (including phenoxy) is 2. The van der Waals surface area contributed by atoms with Crippen LogP contribution in [0, 0.1) is 5.92 Å². The minimum Gasteiger partial charge on any atom is -0.506 e. The Morgan fingerprint density at radius 3 is 2.43 bits per heavy atom. The third-order valence-corrected chi connectivity index (χ3v) is 8.71. The first-order chi connectivity index (χ1) is 14.3. The van der Waals surface area contributed by atoms with Crippen molar-refractivity contribution in [2.24, 2.45) is 5.92 Å². The molecule has 2 unspecified atom stereocenters. The smallest absolute Gasteiger partial charge is 0.271 e. The average Bonchev–Trinajstić information content (AvgIpc) is 3.16. The van der Waals surface area contributed by atoms with Gasteiger partial charge in [-0.2, -0.15) is 8.42 Å². The van der Waals surface area contributed by atoms with Crippen LogP contribution in [0.5, 0.6) is 17.2 Å². The van der Waals surface area contributed by atoms with E-state index in [9.17, 15) is 18.1 Å². The Hall–Kier alpha value is -2.58. The minimum atomic E-state index is -4.24. The highest BCUT2D eigenvalue weighted by atomic mass is 32.2. The number of aromatic nitrogens is 1. The van der Waals surface area contributed by atoms with E-state index in [1.54, 1.807) is 20.3 Å². The zero-order chi connectivity index (χ0) is 21.3. The Bertz CT molecular complexity index is 1300. The summed E-state index contributed by atoms with van der Waals surface area (Å²) < 4.78 is 45.1. The molecule has 1 saturated carbocycles. The zero-order valence-corrected chi connectivity index (χ0v) is 17.6. The molecule has 5 rings (SSSR count). The second kappa shape index (κ2) is 6.46. The van der Waals surface area contributed by atoms with Crippen molar-refractivity contribution >= 4 is 31.8 Å². The lowest BCUT2D eigenvalue weighted by atomic mass is 9.74. The molecule has 1 fully saturated rings. The highest BCUT2D eigenvalue weighted by Gasteiger charge is 2.55. The monoisotopic (exact) mass is 429 g/mol. The molecule has 0 aliphatic heterocycles. The maximum Gasteiger partial charge on any atom is 0.271 e. The number of hydrogen-bond donors (Lipinski definition) is 2. The normalized spacial score (nSPS) is 23.4. The fraction of sp³-hybridized carbons (Fsp3) is 0.409. The van der Waals surface area contributed by atoms with E-state index in [1.165, 1.54) is 6.20 Å². The quantitative estimate of drug-likeness (QED) is 0.484. The van der Waals surface area contributed by atoms with Crippen LogP contribution < -0.4 is 9.47 Å². The van der Waals surface area contributed by atoms with Gasteiger partial charge < -0.3 is 14.6 Å². The van der Waals surface area contributed by atoms with Gasteiger partial charge in [0.25, 0.3) is 10.1 Å². The van der Waals surface area contributed by atoms with Crippen LogP contribution in [-0.4, -0.2) is 42.0 Å². The largest absolute Gasteiger partial charge is 0.506 e. The first kappa shape index (κ1) is 19.4. The zero-order valence-electron chi connectivity index (χ0n) is 16.8. The fourth-order valence-electron chi connectivity index (χ4n) is 5.59. The number of benzene rings is 2. The molecule has 0 radical (unpaired) electrons. The van der Waals surface area contributed by atoms with E-state index in [0.29, 0.717) is 24.3 Å². The Labute approximate surface area is 174 Å². The van der Waals surface area contributed by atoms with Crippen molar-refractivity contribution < 1.29 is 27.6 Å².